The predicted octanol–water partition coefficient (Wildman–Crippen LogP) is 1.69. The lowest BCUT2D eigenvalue weighted by molar-refractivity contribution is -0.121. The molecule has 0 radical (unpaired) electrons. The van der Waals surface area contributed by atoms with Crippen molar-refractivity contribution in [3.05, 3.63) is 71.3 Å². The van der Waals surface area contributed by atoms with Crippen LogP contribution in [0.3, 0.4) is 0 Å². The van der Waals surface area contributed by atoms with Gasteiger partial charge >= 0.3 is 0 Å². The molecule has 29 heavy (non-hydrogen) atoms. The second kappa shape index (κ2) is 10.7. The molecule has 0 saturated carbocycles. The number of β-amino-alcohol motifs (C(OH)–C–C–N with tert-alkyl or cyclic N) is 1. The molecule has 1 fully saturated rings. The Morgan fingerprint density at radius 3 is 2.24 bits per heavy atom. The molecule has 0 bridgehead atoms. The van der Waals surface area contributed by atoms with Crippen molar-refractivity contribution < 1.29 is 14.7 Å². The molecule has 1 aliphatic heterocycles. The van der Waals surface area contributed by atoms with Crippen molar-refractivity contribution in [1.29, 1.82) is 0 Å². The molecule has 0 atom stereocenters. The molecule has 0 spiro atoms. The third-order valence-corrected chi connectivity index (χ3v) is 5.25. The standard InChI is InChI=1S/C23H29N3O3/c27-17-16-25-12-14-26(15-13-25)23(29)21-9-6-20(7-10-21)18-24-22(28)11-8-19-4-2-1-3-5-19/h1-7,9-10,27H,8,11-18H2,(H,24,28). The summed E-state index contributed by atoms with van der Waals surface area (Å²) < 4.78 is 0. The van der Waals surface area contributed by atoms with E-state index in [9.17, 15) is 9.59 Å². The largest absolute Gasteiger partial charge is 0.395 e. The van der Waals surface area contributed by atoms with Gasteiger partial charge in [0.15, 0.2) is 0 Å². The smallest absolute Gasteiger partial charge is 0.253 e. The average Bonchev–Trinajstić information content (AvgIpc) is 2.77. The normalized spacial score (nSPS) is 14.6. The second-order valence-corrected chi connectivity index (χ2v) is 7.32. The first-order valence-electron chi connectivity index (χ1n) is 10.2. The van der Waals surface area contributed by atoms with Crippen LogP contribution in [0.25, 0.3) is 0 Å². The Kier molecular flexibility index (Phi) is 7.78. The van der Waals surface area contributed by atoms with Gasteiger partial charge in [0.25, 0.3) is 5.91 Å². The SMILES string of the molecule is O=C(CCc1ccccc1)NCc1ccc(C(=O)N2CCN(CCO)CC2)cc1. The molecule has 6 nitrogen and oxygen atoms in total. The van der Waals surface area contributed by atoms with Gasteiger partial charge in [0.2, 0.25) is 5.91 Å². The summed E-state index contributed by atoms with van der Waals surface area (Å²) in [6.45, 7) is 4.21. The minimum atomic E-state index is 0.0229. The van der Waals surface area contributed by atoms with Crippen LogP contribution in [0.5, 0.6) is 0 Å². The maximum atomic E-state index is 12.6. The van der Waals surface area contributed by atoms with Crippen molar-refractivity contribution in [3.63, 3.8) is 0 Å². The Hall–Kier alpha value is -2.70. The molecule has 2 aromatic carbocycles. The van der Waals surface area contributed by atoms with Crippen molar-refractivity contribution in [2.45, 2.75) is 19.4 Å². The van der Waals surface area contributed by atoms with Crippen LogP contribution in [0, 0.1) is 0 Å². The number of amides is 2. The minimum Gasteiger partial charge on any atom is -0.395 e. The summed E-state index contributed by atoms with van der Waals surface area (Å²) in [4.78, 5) is 28.7. The number of hydrogen-bond acceptors (Lipinski definition) is 4. The molecule has 1 saturated heterocycles. The van der Waals surface area contributed by atoms with Crippen LogP contribution in [0.2, 0.25) is 0 Å². The summed E-state index contributed by atoms with van der Waals surface area (Å²) in [5.41, 5.74) is 2.80. The topological polar surface area (TPSA) is 72.9 Å². The van der Waals surface area contributed by atoms with E-state index in [0.29, 0.717) is 38.2 Å². The van der Waals surface area contributed by atoms with Gasteiger partial charge in [-0.2, -0.15) is 0 Å². The van der Waals surface area contributed by atoms with Gasteiger partial charge in [-0.15, -0.1) is 0 Å². The number of nitrogens with one attached hydrogen (secondary N) is 1. The van der Waals surface area contributed by atoms with Crippen molar-refractivity contribution >= 4 is 11.8 Å². The third kappa shape index (κ3) is 6.41. The Balaban J connectivity index is 1.42. The monoisotopic (exact) mass is 395 g/mol. The molecule has 6 heteroatoms. The first-order valence-corrected chi connectivity index (χ1v) is 10.2. The van der Waals surface area contributed by atoms with Crippen molar-refractivity contribution in [3.8, 4) is 0 Å². The molecule has 0 unspecified atom stereocenters. The molecule has 2 amide bonds. The molecule has 3 rings (SSSR count). The van der Waals surface area contributed by atoms with Gasteiger partial charge in [-0.05, 0) is 29.7 Å². The first kappa shape index (κ1) is 21.0. The molecule has 0 aliphatic carbocycles. The molecular formula is C23H29N3O3. The summed E-state index contributed by atoms with van der Waals surface area (Å²) in [6.07, 6.45) is 1.19. The first-order chi connectivity index (χ1) is 14.2. The molecule has 2 aromatic rings. The number of aliphatic hydroxyl groups excluding tert-OH is 1. The molecule has 1 heterocycles. The highest BCUT2D eigenvalue weighted by Crippen LogP contribution is 2.11. The fourth-order valence-corrected chi connectivity index (χ4v) is 3.46. The lowest BCUT2D eigenvalue weighted by Crippen LogP contribution is -2.49. The number of aliphatic hydroxyl groups is 1. The Labute approximate surface area is 172 Å². The fourth-order valence-electron chi connectivity index (χ4n) is 3.46. The van der Waals surface area contributed by atoms with Crippen molar-refractivity contribution in [2.75, 3.05) is 39.3 Å². The number of piperazine rings is 1. The predicted molar refractivity (Wildman–Crippen MR) is 112 cm³/mol. The van der Waals surface area contributed by atoms with Crippen molar-refractivity contribution in [2.24, 2.45) is 0 Å². The van der Waals surface area contributed by atoms with E-state index >= 15 is 0 Å². The zero-order valence-electron chi connectivity index (χ0n) is 16.7. The summed E-state index contributed by atoms with van der Waals surface area (Å²) in [7, 11) is 0. The van der Waals surface area contributed by atoms with E-state index in [1.54, 1.807) is 0 Å². The summed E-state index contributed by atoms with van der Waals surface area (Å²) in [6, 6.07) is 17.4. The van der Waals surface area contributed by atoms with E-state index in [1.165, 1.54) is 0 Å². The second-order valence-electron chi connectivity index (χ2n) is 7.32. The van der Waals surface area contributed by atoms with E-state index in [2.05, 4.69) is 10.2 Å². The summed E-state index contributed by atoms with van der Waals surface area (Å²) in [5, 5.41) is 11.9. The van der Waals surface area contributed by atoms with Gasteiger partial charge in [0.05, 0.1) is 6.61 Å². The van der Waals surface area contributed by atoms with Crippen LogP contribution < -0.4 is 5.32 Å². The van der Waals surface area contributed by atoms with E-state index in [0.717, 1.165) is 30.6 Å². The number of nitrogens with zero attached hydrogens (tertiary/aromatic N) is 2. The zero-order chi connectivity index (χ0) is 20.5. The Morgan fingerprint density at radius 1 is 0.897 bits per heavy atom. The molecule has 1 aliphatic rings. The van der Waals surface area contributed by atoms with Crippen LogP contribution in [-0.2, 0) is 17.8 Å². The average molecular weight is 396 g/mol. The summed E-state index contributed by atoms with van der Waals surface area (Å²) >= 11 is 0. The van der Waals surface area contributed by atoms with Gasteiger partial charge in [-0.25, -0.2) is 0 Å². The van der Waals surface area contributed by atoms with Gasteiger partial charge < -0.3 is 15.3 Å². The highest BCUT2D eigenvalue weighted by molar-refractivity contribution is 5.94. The lowest BCUT2D eigenvalue weighted by atomic mass is 10.1. The van der Waals surface area contributed by atoms with E-state index < -0.39 is 0 Å². The lowest BCUT2D eigenvalue weighted by Gasteiger charge is -2.34. The van der Waals surface area contributed by atoms with E-state index in [4.69, 9.17) is 5.11 Å². The number of carbonyl (C=O) groups is 2. The van der Waals surface area contributed by atoms with Crippen LogP contribution in [0.1, 0.15) is 27.9 Å². The van der Waals surface area contributed by atoms with E-state index in [1.807, 2.05) is 59.5 Å². The number of benzene rings is 2. The Bertz CT molecular complexity index is 785. The minimum absolute atomic E-state index is 0.0229. The van der Waals surface area contributed by atoms with Gasteiger partial charge in [-0.1, -0.05) is 42.5 Å². The number of hydrogen-bond donors (Lipinski definition) is 2. The Morgan fingerprint density at radius 2 is 1.59 bits per heavy atom. The quantitative estimate of drug-likeness (QED) is 0.713. The zero-order valence-corrected chi connectivity index (χ0v) is 16.7. The summed E-state index contributed by atoms with van der Waals surface area (Å²) in [5.74, 6) is 0.0573. The van der Waals surface area contributed by atoms with Gasteiger partial charge in [-0.3, -0.25) is 14.5 Å². The van der Waals surface area contributed by atoms with Crippen LogP contribution in [-0.4, -0.2) is 66.1 Å². The van der Waals surface area contributed by atoms with Crippen LogP contribution in [0.4, 0.5) is 0 Å². The van der Waals surface area contributed by atoms with Crippen molar-refractivity contribution in [1.82, 2.24) is 15.1 Å². The number of rotatable bonds is 8. The molecule has 2 N–H and O–H groups in total. The van der Waals surface area contributed by atoms with Crippen LogP contribution in [0.15, 0.2) is 54.6 Å². The number of carbonyl (C=O) groups excluding carboxylic acids is 2. The maximum absolute atomic E-state index is 12.6. The van der Waals surface area contributed by atoms with Gasteiger partial charge in [0, 0.05) is 51.3 Å². The maximum Gasteiger partial charge on any atom is 0.253 e. The molecular weight excluding hydrogens is 366 g/mol. The number of aryl methyl sites for hydroxylation is 1. The van der Waals surface area contributed by atoms with Gasteiger partial charge in [0.1, 0.15) is 0 Å². The highest BCUT2D eigenvalue weighted by atomic mass is 16.3. The third-order valence-electron chi connectivity index (χ3n) is 5.25. The fraction of sp³-hybridized carbons (Fsp3) is 0.391. The van der Waals surface area contributed by atoms with Crippen LogP contribution >= 0.6 is 0 Å². The van der Waals surface area contributed by atoms with E-state index in [-0.39, 0.29) is 18.4 Å². The molecule has 154 valence electrons. The molecule has 0 aromatic heterocycles. The highest BCUT2D eigenvalue weighted by Gasteiger charge is 2.21.